The fraction of sp³-hybridized carbons (Fsp3) is 0.529. The average molecular weight is 256 g/mol. The largest absolute Gasteiger partial charge is 0.350 e. The average Bonchev–Trinajstić information content (AvgIpc) is 3.15. The maximum absolute atomic E-state index is 3.61. The first-order chi connectivity index (χ1) is 9.15. The highest BCUT2D eigenvalue weighted by atomic mass is 14.9. The number of benzene rings is 1. The molecule has 1 saturated carbocycles. The first-order valence-electron chi connectivity index (χ1n) is 7.46. The Morgan fingerprint density at radius 2 is 2.11 bits per heavy atom. The van der Waals surface area contributed by atoms with Crippen molar-refractivity contribution in [1.82, 2.24) is 9.88 Å². The minimum Gasteiger partial charge on any atom is -0.350 e. The van der Waals surface area contributed by atoms with Gasteiger partial charge < -0.3 is 9.88 Å². The molecule has 0 aliphatic heterocycles. The number of nitrogens with zero attached hydrogens (tertiary/aromatic N) is 1. The van der Waals surface area contributed by atoms with Gasteiger partial charge in [-0.25, -0.2) is 0 Å². The lowest BCUT2D eigenvalue weighted by Gasteiger charge is -2.07. The van der Waals surface area contributed by atoms with E-state index in [1.807, 2.05) is 0 Å². The molecule has 3 rings (SSSR count). The van der Waals surface area contributed by atoms with Gasteiger partial charge in [-0.15, -0.1) is 0 Å². The number of hydrogen-bond donors (Lipinski definition) is 1. The van der Waals surface area contributed by atoms with E-state index < -0.39 is 0 Å². The fourth-order valence-corrected chi connectivity index (χ4v) is 2.75. The van der Waals surface area contributed by atoms with Gasteiger partial charge in [-0.3, -0.25) is 0 Å². The van der Waals surface area contributed by atoms with E-state index in [1.165, 1.54) is 34.9 Å². The van der Waals surface area contributed by atoms with E-state index in [-0.39, 0.29) is 0 Å². The van der Waals surface area contributed by atoms with Crippen LogP contribution in [0.1, 0.15) is 43.7 Å². The van der Waals surface area contributed by atoms with E-state index in [0.717, 1.165) is 19.0 Å². The summed E-state index contributed by atoms with van der Waals surface area (Å²) in [5.74, 6) is 0.599. The maximum Gasteiger partial charge on any atom is 0.0480 e. The zero-order chi connectivity index (χ0) is 13.4. The SMILES string of the molecule is CC(C)c1ccc2c(c1)c(CCNC1CC1)cn2C. The lowest BCUT2D eigenvalue weighted by atomic mass is 10.00. The Bertz CT molecular complexity index is 576. The normalized spacial score (nSPS) is 15.6. The molecule has 0 saturated heterocycles. The molecule has 102 valence electrons. The zero-order valence-corrected chi connectivity index (χ0v) is 12.2. The highest BCUT2D eigenvalue weighted by molar-refractivity contribution is 5.84. The van der Waals surface area contributed by atoms with Crippen molar-refractivity contribution in [2.45, 2.75) is 45.1 Å². The molecular weight excluding hydrogens is 232 g/mol. The Morgan fingerprint density at radius 3 is 2.79 bits per heavy atom. The number of aromatic nitrogens is 1. The van der Waals surface area contributed by atoms with Crippen molar-refractivity contribution in [3.05, 3.63) is 35.5 Å². The molecule has 1 fully saturated rings. The van der Waals surface area contributed by atoms with E-state index >= 15 is 0 Å². The standard InChI is InChI=1S/C17H24N2/c1-12(2)13-4-7-17-16(10-13)14(11-19(17)3)8-9-18-15-5-6-15/h4,7,10-12,15,18H,5-6,8-9H2,1-3H3. The smallest absolute Gasteiger partial charge is 0.0480 e. The van der Waals surface area contributed by atoms with Gasteiger partial charge in [0.2, 0.25) is 0 Å². The van der Waals surface area contributed by atoms with Crippen molar-refractivity contribution in [2.24, 2.45) is 7.05 Å². The molecule has 0 spiro atoms. The minimum atomic E-state index is 0.599. The summed E-state index contributed by atoms with van der Waals surface area (Å²) < 4.78 is 2.26. The van der Waals surface area contributed by atoms with Crippen molar-refractivity contribution >= 4 is 10.9 Å². The molecular formula is C17H24N2. The van der Waals surface area contributed by atoms with E-state index in [9.17, 15) is 0 Å². The number of nitrogens with one attached hydrogen (secondary N) is 1. The van der Waals surface area contributed by atoms with Crippen LogP contribution in [-0.2, 0) is 13.5 Å². The van der Waals surface area contributed by atoms with Crippen molar-refractivity contribution in [3.8, 4) is 0 Å². The van der Waals surface area contributed by atoms with Crippen LogP contribution >= 0.6 is 0 Å². The lowest BCUT2D eigenvalue weighted by molar-refractivity contribution is 0.682. The van der Waals surface area contributed by atoms with Crippen LogP contribution < -0.4 is 5.32 Å². The summed E-state index contributed by atoms with van der Waals surface area (Å²) in [5, 5.41) is 5.04. The molecule has 2 nitrogen and oxygen atoms in total. The van der Waals surface area contributed by atoms with Gasteiger partial charge in [0, 0.05) is 30.2 Å². The Morgan fingerprint density at radius 1 is 1.32 bits per heavy atom. The third kappa shape index (κ3) is 2.69. The summed E-state index contributed by atoms with van der Waals surface area (Å²) in [6.45, 7) is 5.63. The molecule has 1 aromatic heterocycles. The van der Waals surface area contributed by atoms with Crippen LogP contribution in [0.3, 0.4) is 0 Å². The van der Waals surface area contributed by atoms with Gasteiger partial charge in [0.15, 0.2) is 0 Å². The molecule has 19 heavy (non-hydrogen) atoms. The van der Waals surface area contributed by atoms with Crippen molar-refractivity contribution < 1.29 is 0 Å². The topological polar surface area (TPSA) is 17.0 Å². The molecule has 2 aromatic rings. The highest BCUT2D eigenvalue weighted by Gasteiger charge is 2.20. The van der Waals surface area contributed by atoms with Crippen LogP contribution in [0.15, 0.2) is 24.4 Å². The molecule has 1 heterocycles. The summed E-state index contributed by atoms with van der Waals surface area (Å²) in [7, 11) is 2.15. The third-order valence-electron chi connectivity index (χ3n) is 4.17. The molecule has 0 atom stereocenters. The van der Waals surface area contributed by atoms with Gasteiger partial charge >= 0.3 is 0 Å². The van der Waals surface area contributed by atoms with E-state index in [1.54, 1.807) is 0 Å². The number of rotatable bonds is 5. The van der Waals surface area contributed by atoms with Crippen LogP contribution in [-0.4, -0.2) is 17.2 Å². The molecule has 1 N–H and O–H groups in total. The summed E-state index contributed by atoms with van der Waals surface area (Å²) >= 11 is 0. The molecule has 0 bridgehead atoms. The quantitative estimate of drug-likeness (QED) is 0.865. The van der Waals surface area contributed by atoms with Gasteiger partial charge in [-0.2, -0.15) is 0 Å². The van der Waals surface area contributed by atoms with Gasteiger partial charge in [-0.05, 0) is 55.0 Å². The monoisotopic (exact) mass is 256 g/mol. The van der Waals surface area contributed by atoms with E-state index in [2.05, 4.69) is 55.2 Å². The van der Waals surface area contributed by atoms with Gasteiger partial charge in [-0.1, -0.05) is 19.9 Å². The first-order valence-corrected chi connectivity index (χ1v) is 7.46. The van der Waals surface area contributed by atoms with Crippen molar-refractivity contribution in [1.29, 1.82) is 0 Å². The Balaban J connectivity index is 1.86. The highest BCUT2D eigenvalue weighted by Crippen LogP contribution is 2.26. The van der Waals surface area contributed by atoms with Crippen molar-refractivity contribution in [3.63, 3.8) is 0 Å². The van der Waals surface area contributed by atoms with Crippen LogP contribution in [0.2, 0.25) is 0 Å². The molecule has 0 amide bonds. The molecule has 1 aliphatic rings. The number of aryl methyl sites for hydroxylation is 1. The molecule has 0 radical (unpaired) electrons. The Kier molecular flexibility index (Phi) is 3.36. The minimum absolute atomic E-state index is 0.599. The third-order valence-corrected chi connectivity index (χ3v) is 4.17. The molecule has 2 heteroatoms. The summed E-state index contributed by atoms with van der Waals surface area (Å²) in [6.07, 6.45) is 6.17. The van der Waals surface area contributed by atoms with Gasteiger partial charge in [0.05, 0.1) is 0 Å². The van der Waals surface area contributed by atoms with Crippen molar-refractivity contribution in [2.75, 3.05) is 6.54 Å². The Labute approximate surface area is 115 Å². The predicted molar refractivity (Wildman–Crippen MR) is 81.7 cm³/mol. The van der Waals surface area contributed by atoms with Crippen LogP contribution in [0, 0.1) is 0 Å². The second-order valence-electron chi connectivity index (χ2n) is 6.17. The Hall–Kier alpha value is -1.28. The number of hydrogen-bond acceptors (Lipinski definition) is 1. The molecule has 0 unspecified atom stereocenters. The first kappa shape index (κ1) is 12.7. The van der Waals surface area contributed by atoms with Gasteiger partial charge in [0.1, 0.15) is 0 Å². The van der Waals surface area contributed by atoms with Crippen LogP contribution in [0.5, 0.6) is 0 Å². The predicted octanol–water partition coefficient (Wildman–Crippen LogP) is 3.60. The number of fused-ring (bicyclic) bond motifs is 1. The summed E-state index contributed by atoms with van der Waals surface area (Å²) in [6, 6.07) is 7.72. The summed E-state index contributed by atoms with van der Waals surface area (Å²) in [5.41, 5.74) is 4.27. The zero-order valence-electron chi connectivity index (χ0n) is 12.2. The van der Waals surface area contributed by atoms with Gasteiger partial charge in [0.25, 0.3) is 0 Å². The molecule has 1 aliphatic carbocycles. The van der Waals surface area contributed by atoms with E-state index in [4.69, 9.17) is 0 Å². The second kappa shape index (κ2) is 5.01. The summed E-state index contributed by atoms with van der Waals surface area (Å²) in [4.78, 5) is 0. The van der Waals surface area contributed by atoms with Crippen LogP contribution in [0.25, 0.3) is 10.9 Å². The molecule has 1 aromatic carbocycles. The second-order valence-corrected chi connectivity index (χ2v) is 6.17. The maximum atomic E-state index is 3.61. The lowest BCUT2D eigenvalue weighted by Crippen LogP contribution is -2.19. The van der Waals surface area contributed by atoms with Crippen LogP contribution in [0.4, 0.5) is 0 Å². The van der Waals surface area contributed by atoms with E-state index in [0.29, 0.717) is 5.92 Å². The fourth-order valence-electron chi connectivity index (χ4n) is 2.75.